The van der Waals surface area contributed by atoms with E-state index in [-0.39, 0.29) is 5.56 Å². The fraction of sp³-hybridized carbons (Fsp3) is 0.269. The molecule has 1 aliphatic rings. The minimum atomic E-state index is -0.483. The highest BCUT2D eigenvalue weighted by Gasteiger charge is 2.16. The Hall–Kier alpha value is -3.74. The number of hydrogen-bond donors (Lipinski definition) is 3. The zero-order valence-corrected chi connectivity index (χ0v) is 18.7. The highest BCUT2D eigenvalue weighted by atomic mass is 19.1. The van der Waals surface area contributed by atoms with Crippen molar-refractivity contribution in [1.29, 1.82) is 5.41 Å². The van der Waals surface area contributed by atoms with Crippen molar-refractivity contribution in [3.63, 3.8) is 0 Å². The molecule has 1 aliphatic heterocycles. The highest BCUT2D eigenvalue weighted by Crippen LogP contribution is 2.20. The van der Waals surface area contributed by atoms with Gasteiger partial charge in [0.1, 0.15) is 17.5 Å². The van der Waals surface area contributed by atoms with E-state index in [9.17, 15) is 9.18 Å². The van der Waals surface area contributed by atoms with Gasteiger partial charge in [0.25, 0.3) is 5.91 Å². The molecular weight excluding hydrogens is 417 g/mol. The van der Waals surface area contributed by atoms with E-state index < -0.39 is 11.7 Å². The Morgan fingerprint density at radius 1 is 1.06 bits per heavy atom. The maximum atomic E-state index is 13.9. The van der Waals surface area contributed by atoms with Crippen LogP contribution in [0.3, 0.4) is 0 Å². The summed E-state index contributed by atoms with van der Waals surface area (Å²) in [5.41, 5.74) is 3.62. The van der Waals surface area contributed by atoms with E-state index >= 15 is 0 Å². The molecule has 4 rings (SSSR count). The van der Waals surface area contributed by atoms with Gasteiger partial charge in [-0.05, 0) is 61.6 Å². The fourth-order valence-electron chi connectivity index (χ4n) is 3.86. The number of amides is 1. The summed E-state index contributed by atoms with van der Waals surface area (Å²) in [6.45, 7) is 4.26. The van der Waals surface area contributed by atoms with E-state index in [1.54, 1.807) is 18.3 Å². The number of aryl methyl sites for hydroxylation is 1. The Balaban J connectivity index is 1.42. The maximum Gasteiger partial charge on any atom is 0.259 e. The number of likely N-dealkylation sites (tertiary alicyclic amines) is 1. The molecule has 1 aromatic heterocycles. The molecule has 3 aromatic rings. The largest absolute Gasteiger partial charge is 0.380 e. The van der Waals surface area contributed by atoms with Crippen molar-refractivity contribution in [3.05, 3.63) is 88.9 Å². The van der Waals surface area contributed by atoms with Crippen molar-refractivity contribution < 1.29 is 9.18 Å². The zero-order chi connectivity index (χ0) is 23.2. The summed E-state index contributed by atoms with van der Waals surface area (Å²) in [6.07, 6.45) is 5.17. The first-order chi connectivity index (χ1) is 16.0. The number of nitrogens with one attached hydrogen (secondary N) is 3. The molecule has 0 bridgehead atoms. The standard InChI is InChI=1S/C26H28FN5O/c1-18-5-12-24(30-16-18)31-26(33)22-15-21(27)10-11-23(22)29-17-19-6-8-20(9-7-19)25(28)32-13-3-2-4-14-32/h5-12,15-16,28-29H,2-4,13-14,17H2,1H3,(H,30,31,33). The smallest absolute Gasteiger partial charge is 0.259 e. The predicted octanol–water partition coefficient (Wildman–Crippen LogP) is 5.20. The third-order valence-corrected chi connectivity index (χ3v) is 5.76. The van der Waals surface area contributed by atoms with Crippen LogP contribution in [0.15, 0.2) is 60.8 Å². The second kappa shape index (κ2) is 10.3. The van der Waals surface area contributed by atoms with Gasteiger partial charge < -0.3 is 15.5 Å². The number of rotatable bonds is 6. The van der Waals surface area contributed by atoms with Crippen LogP contribution in [-0.4, -0.2) is 34.7 Å². The number of carbonyl (C=O) groups is 1. The lowest BCUT2D eigenvalue weighted by Gasteiger charge is -2.29. The van der Waals surface area contributed by atoms with Gasteiger partial charge in [-0.1, -0.05) is 30.3 Å². The number of pyridine rings is 1. The molecule has 6 nitrogen and oxygen atoms in total. The molecule has 0 radical (unpaired) electrons. The molecule has 33 heavy (non-hydrogen) atoms. The van der Waals surface area contributed by atoms with E-state index in [1.807, 2.05) is 37.3 Å². The molecule has 7 heteroatoms. The SMILES string of the molecule is Cc1ccc(NC(=O)c2cc(F)ccc2NCc2ccc(C(=N)N3CCCCC3)cc2)nc1. The van der Waals surface area contributed by atoms with Gasteiger partial charge in [-0.3, -0.25) is 10.2 Å². The number of benzene rings is 2. The molecule has 170 valence electrons. The van der Waals surface area contributed by atoms with Crippen LogP contribution in [0.1, 0.15) is 46.3 Å². The van der Waals surface area contributed by atoms with E-state index in [1.165, 1.54) is 18.6 Å². The van der Waals surface area contributed by atoms with Crippen molar-refractivity contribution in [2.45, 2.75) is 32.7 Å². The molecule has 0 atom stereocenters. The number of piperidine rings is 1. The van der Waals surface area contributed by atoms with E-state index in [0.717, 1.165) is 42.6 Å². The first-order valence-electron chi connectivity index (χ1n) is 11.2. The Labute approximate surface area is 193 Å². The van der Waals surface area contributed by atoms with Gasteiger partial charge in [-0.15, -0.1) is 0 Å². The molecule has 0 unspecified atom stereocenters. The molecule has 0 aliphatic carbocycles. The summed E-state index contributed by atoms with van der Waals surface area (Å²) in [5.74, 6) is 0.0609. The Morgan fingerprint density at radius 3 is 2.52 bits per heavy atom. The summed E-state index contributed by atoms with van der Waals surface area (Å²) < 4.78 is 13.9. The van der Waals surface area contributed by atoms with Gasteiger partial charge in [-0.25, -0.2) is 9.37 Å². The quantitative estimate of drug-likeness (QED) is 0.360. The molecular formula is C26H28FN5O. The normalized spacial score (nSPS) is 13.5. The number of amidine groups is 1. The molecule has 2 aromatic carbocycles. The number of halogens is 1. The third-order valence-electron chi connectivity index (χ3n) is 5.76. The maximum absolute atomic E-state index is 13.9. The van der Waals surface area contributed by atoms with Gasteiger partial charge in [0.2, 0.25) is 0 Å². The summed E-state index contributed by atoms with van der Waals surface area (Å²) in [5, 5.41) is 14.4. The van der Waals surface area contributed by atoms with Crippen molar-refractivity contribution in [1.82, 2.24) is 9.88 Å². The first kappa shape index (κ1) is 22.5. The average molecular weight is 446 g/mol. The van der Waals surface area contributed by atoms with Crippen LogP contribution in [0, 0.1) is 18.2 Å². The van der Waals surface area contributed by atoms with Crippen molar-refractivity contribution in [2.75, 3.05) is 23.7 Å². The van der Waals surface area contributed by atoms with Gasteiger partial charge >= 0.3 is 0 Å². The van der Waals surface area contributed by atoms with Crippen molar-refractivity contribution in [3.8, 4) is 0 Å². The monoisotopic (exact) mass is 445 g/mol. The molecule has 0 saturated carbocycles. The van der Waals surface area contributed by atoms with E-state index in [4.69, 9.17) is 5.41 Å². The van der Waals surface area contributed by atoms with Crippen LogP contribution in [0.4, 0.5) is 15.9 Å². The van der Waals surface area contributed by atoms with Crippen LogP contribution in [0.2, 0.25) is 0 Å². The summed E-state index contributed by atoms with van der Waals surface area (Å²) in [6, 6.07) is 15.5. The Bertz CT molecular complexity index is 1120. The second-order valence-electron chi connectivity index (χ2n) is 8.31. The van der Waals surface area contributed by atoms with Crippen LogP contribution < -0.4 is 10.6 Å². The third kappa shape index (κ3) is 5.74. The number of hydrogen-bond acceptors (Lipinski definition) is 4. The molecule has 0 spiro atoms. The first-order valence-corrected chi connectivity index (χ1v) is 11.2. The number of anilines is 2. The minimum Gasteiger partial charge on any atom is -0.380 e. The van der Waals surface area contributed by atoms with E-state index in [2.05, 4.69) is 20.5 Å². The summed E-state index contributed by atoms with van der Waals surface area (Å²) in [4.78, 5) is 19.1. The number of carbonyl (C=O) groups excluding carboxylic acids is 1. The van der Waals surface area contributed by atoms with Crippen LogP contribution in [0.5, 0.6) is 0 Å². The van der Waals surface area contributed by atoms with Gasteiger partial charge in [-0.2, -0.15) is 0 Å². The summed E-state index contributed by atoms with van der Waals surface area (Å²) >= 11 is 0. The Morgan fingerprint density at radius 2 is 1.82 bits per heavy atom. The second-order valence-corrected chi connectivity index (χ2v) is 8.31. The molecule has 2 heterocycles. The topological polar surface area (TPSA) is 81.1 Å². The van der Waals surface area contributed by atoms with Crippen LogP contribution in [-0.2, 0) is 6.54 Å². The van der Waals surface area contributed by atoms with Gasteiger partial charge in [0.05, 0.1) is 5.56 Å². The highest BCUT2D eigenvalue weighted by molar-refractivity contribution is 6.07. The lowest BCUT2D eigenvalue weighted by molar-refractivity contribution is 0.102. The number of nitrogens with zero attached hydrogens (tertiary/aromatic N) is 2. The molecule has 3 N–H and O–H groups in total. The van der Waals surface area contributed by atoms with Crippen molar-refractivity contribution in [2.24, 2.45) is 0 Å². The zero-order valence-electron chi connectivity index (χ0n) is 18.7. The van der Waals surface area contributed by atoms with Crippen LogP contribution >= 0.6 is 0 Å². The van der Waals surface area contributed by atoms with Crippen LogP contribution in [0.25, 0.3) is 0 Å². The molecule has 1 saturated heterocycles. The van der Waals surface area contributed by atoms with E-state index in [0.29, 0.717) is 23.9 Å². The Kier molecular flexibility index (Phi) is 6.98. The fourth-order valence-corrected chi connectivity index (χ4v) is 3.86. The lowest BCUT2D eigenvalue weighted by Crippen LogP contribution is -2.35. The number of aromatic nitrogens is 1. The van der Waals surface area contributed by atoms with Crippen molar-refractivity contribution >= 4 is 23.2 Å². The summed E-state index contributed by atoms with van der Waals surface area (Å²) in [7, 11) is 0. The average Bonchev–Trinajstić information content (AvgIpc) is 2.85. The molecule has 1 fully saturated rings. The minimum absolute atomic E-state index is 0.209. The predicted molar refractivity (Wildman–Crippen MR) is 129 cm³/mol. The van der Waals surface area contributed by atoms with Gasteiger partial charge in [0, 0.05) is 37.1 Å². The van der Waals surface area contributed by atoms with Gasteiger partial charge in [0.15, 0.2) is 0 Å². The lowest BCUT2D eigenvalue weighted by atomic mass is 10.1. The molecule has 1 amide bonds.